The summed E-state index contributed by atoms with van der Waals surface area (Å²) in [6.07, 6.45) is 1.16. The Hall–Kier alpha value is -1.54. The average molecular weight is 335 g/mol. The molecule has 0 aliphatic carbocycles. The minimum Gasteiger partial charge on any atom is -0.477 e. The molecule has 0 aromatic carbocycles. The second-order valence-corrected chi connectivity index (χ2v) is 6.31. The molecule has 2 aliphatic rings. The zero-order valence-corrected chi connectivity index (χ0v) is 13.9. The standard InChI is InChI=1S/C17H25N3O4/c21-17(22)16-4-1-3-14(18-16)11-20-5-2-8-24-15(13-20)12-19-6-9-23-10-7-19/h1,3-4,15H,2,5-13H2,(H,21,22)/t15-/m0/s1. The summed E-state index contributed by atoms with van der Waals surface area (Å²) in [5, 5.41) is 9.07. The first-order chi connectivity index (χ1) is 11.7. The van der Waals surface area contributed by atoms with Crippen LogP contribution >= 0.6 is 0 Å². The van der Waals surface area contributed by atoms with Gasteiger partial charge in [-0.25, -0.2) is 9.78 Å². The first-order valence-electron chi connectivity index (χ1n) is 8.54. The highest BCUT2D eigenvalue weighted by Crippen LogP contribution is 2.12. The predicted octanol–water partition coefficient (Wildman–Crippen LogP) is 0.703. The number of nitrogens with zero attached hydrogens (tertiary/aromatic N) is 3. The number of pyridine rings is 1. The zero-order chi connectivity index (χ0) is 16.8. The molecule has 2 fully saturated rings. The van der Waals surface area contributed by atoms with Gasteiger partial charge < -0.3 is 14.6 Å². The van der Waals surface area contributed by atoms with Crippen molar-refractivity contribution in [3.8, 4) is 0 Å². The highest BCUT2D eigenvalue weighted by molar-refractivity contribution is 5.85. The van der Waals surface area contributed by atoms with E-state index in [-0.39, 0.29) is 11.8 Å². The molecular weight excluding hydrogens is 310 g/mol. The fourth-order valence-electron chi connectivity index (χ4n) is 3.21. The molecule has 132 valence electrons. The maximum absolute atomic E-state index is 11.1. The first kappa shape index (κ1) is 17.3. The quantitative estimate of drug-likeness (QED) is 0.849. The molecule has 1 atom stereocenters. The molecule has 2 aliphatic heterocycles. The molecule has 0 radical (unpaired) electrons. The van der Waals surface area contributed by atoms with Crippen molar-refractivity contribution in [2.24, 2.45) is 0 Å². The third kappa shape index (κ3) is 4.98. The van der Waals surface area contributed by atoms with Crippen LogP contribution in [0.1, 0.15) is 22.6 Å². The fraction of sp³-hybridized carbons (Fsp3) is 0.647. The molecule has 7 nitrogen and oxygen atoms in total. The second-order valence-electron chi connectivity index (χ2n) is 6.31. The number of carboxylic acid groups (broad SMARTS) is 1. The topological polar surface area (TPSA) is 75.1 Å². The fourth-order valence-corrected chi connectivity index (χ4v) is 3.21. The molecular formula is C17H25N3O4. The lowest BCUT2D eigenvalue weighted by atomic mass is 10.2. The van der Waals surface area contributed by atoms with Gasteiger partial charge >= 0.3 is 5.97 Å². The van der Waals surface area contributed by atoms with E-state index in [2.05, 4.69) is 14.8 Å². The summed E-state index contributed by atoms with van der Waals surface area (Å²) >= 11 is 0. The van der Waals surface area contributed by atoms with Gasteiger partial charge in [0.15, 0.2) is 0 Å². The Morgan fingerprint density at radius 2 is 2.04 bits per heavy atom. The van der Waals surface area contributed by atoms with Crippen LogP contribution in [0.5, 0.6) is 0 Å². The molecule has 24 heavy (non-hydrogen) atoms. The van der Waals surface area contributed by atoms with E-state index in [1.165, 1.54) is 6.07 Å². The van der Waals surface area contributed by atoms with Gasteiger partial charge in [0.1, 0.15) is 5.69 Å². The Bertz CT molecular complexity index is 548. The second kappa shape index (κ2) is 8.53. The van der Waals surface area contributed by atoms with Crippen LogP contribution in [-0.4, -0.2) is 84.5 Å². The SMILES string of the molecule is O=C(O)c1cccc(CN2CCCO[C@@H](CN3CCOCC3)C2)n1. The van der Waals surface area contributed by atoms with E-state index in [1.807, 2.05) is 6.07 Å². The van der Waals surface area contributed by atoms with Crippen LogP contribution in [0, 0.1) is 0 Å². The highest BCUT2D eigenvalue weighted by Gasteiger charge is 2.23. The van der Waals surface area contributed by atoms with Crippen molar-refractivity contribution in [1.82, 2.24) is 14.8 Å². The third-order valence-corrected chi connectivity index (χ3v) is 4.41. The maximum atomic E-state index is 11.1. The average Bonchev–Trinajstić information content (AvgIpc) is 2.81. The van der Waals surface area contributed by atoms with Crippen LogP contribution in [-0.2, 0) is 16.0 Å². The summed E-state index contributed by atoms with van der Waals surface area (Å²) in [5.74, 6) is -0.985. The van der Waals surface area contributed by atoms with Crippen LogP contribution in [0.3, 0.4) is 0 Å². The molecule has 3 heterocycles. The normalized spacial score (nSPS) is 23.8. The van der Waals surface area contributed by atoms with E-state index in [0.717, 1.165) is 64.7 Å². The Morgan fingerprint density at radius 1 is 1.21 bits per heavy atom. The van der Waals surface area contributed by atoms with Crippen molar-refractivity contribution in [2.45, 2.75) is 19.1 Å². The maximum Gasteiger partial charge on any atom is 0.354 e. The molecule has 1 aromatic rings. The van der Waals surface area contributed by atoms with Gasteiger partial charge in [-0.1, -0.05) is 6.07 Å². The van der Waals surface area contributed by atoms with E-state index in [4.69, 9.17) is 14.6 Å². The Labute approximate surface area is 142 Å². The molecule has 0 bridgehead atoms. The molecule has 0 saturated carbocycles. The molecule has 2 saturated heterocycles. The van der Waals surface area contributed by atoms with Gasteiger partial charge in [0.2, 0.25) is 0 Å². The van der Waals surface area contributed by atoms with Crippen LogP contribution in [0.2, 0.25) is 0 Å². The lowest BCUT2D eigenvalue weighted by Crippen LogP contribution is -2.44. The molecule has 7 heteroatoms. The number of carbonyl (C=O) groups is 1. The zero-order valence-electron chi connectivity index (χ0n) is 13.9. The van der Waals surface area contributed by atoms with Crippen LogP contribution < -0.4 is 0 Å². The summed E-state index contributed by atoms with van der Waals surface area (Å²) in [5.41, 5.74) is 0.894. The summed E-state index contributed by atoms with van der Waals surface area (Å²) < 4.78 is 11.4. The number of hydrogen-bond acceptors (Lipinski definition) is 6. The summed E-state index contributed by atoms with van der Waals surface area (Å²) in [6.45, 7) is 7.64. The number of carboxylic acids is 1. The van der Waals surface area contributed by atoms with Crippen LogP contribution in [0.4, 0.5) is 0 Å². The molecule has 0 spiro atoms. The number of rotatable bonds is 5. The van der Waals surface area contributed by atoms with Gasteiger partial charge in [-0.2, -0.15) is 0 Å². The first-order valence-corrected chi connectivity index (χ1v) is 8.54. The van der Waals surface area contributed by atoms with E-state index in [0.29, 0.717) is 6.54 Å². The largest absolute Gasteiger partial charge is 0.477 e. The van der Waals surface area contributed by atoms with Crippen LogP contribution in [0.15, 0.2) is 18.2 Å². The highest BCUT2D eigenvalue weighted by atomic mass is 16.5. The number of morpholine rings is 1. The number of aromatic carboxylic acids is 1. The molecule has 1 N–H and O–H groups in total. The lowest BCUT2D eigenvalue weighted by molar-refractivity contribution is -0.0123. The van der Waals surface area contributed by atoms with Gasteiger partial charge in [0.05, 0.1) is 25.0 Å². The van der Waals surface area contributed by atoms with Gasteiger partial charge in [-0.3, -0.25) is 9.80 Å². The van der Waals surface area contributed by atoms with Crippen molar-refractivity contribution in [2.75, 3.05) is 52.5 Å². The minimum absolute atomic E-state index is 0.100. The smallest absolute Gasteiger partial charge is 0.354 e. The molecule has 1 aromatic heterocycles. The monoisotopic (exact) mass is 335 g/mol. The number of ether oxygens (including phenoxy) is 2. The Kier molecular flexibility index (Phi) is 6.14. The van der Waals surface area contributed by atoms with Crippen molar-refractivity contribution in [3.63, 3.8) is 0 Å². The van der Waals surface area contributed by atoms with Crippen molar-refractivity contribution < 1.29 is 19.4 Å². The van der Waals surface area contributed by atoms with Crippen molar-refractivity contribution >= 4 is 5.97 Å². The Balaban J connectivity index is 1.58. The predicted molar refractivity (Wildman–Crippen MR) is 88.1 cm³/mol. The summed E-state index contributed by atoms with van der Waals surface area (Å²) in [7, 11) is 0. The summed E-state index contributed by atoms with van der Waals surface area (Å²) in [6, 6.07) is 5.17. The van der Waals surface area contributed by atoms with E-state index >= 15 is 0 Å². The summed E-state index contributed by atoms with van der Waals surface area (Å²) in [4.78, 5) is 20.0. The minimum atomic E-state index is -0.985. The molecule has 0 unspecified atom stereocenters. The van der Waals surface area contributed by atoms with Gasteiger partial charge in [-0.15, -0.1) is 0 Å². The lowest BCUT2D eigenvalue weighted by Gasteiger charge is -2.31. The van der Waals surface area contributed by atoms with Crippen LogP contribution in [0.25, 0.3) is 0 Å². The van der Waals surface area contributed by atoms with E-state index in [9.17, 15) is 4.79 Å². The van der Waals surface area contributed by atoms with Crippen molar-refractivity contribution in [3.05, 3.63) is 29.6 Å². The number of hydrogen-bond donors (Lipinski definition) is 1. The molecule has 3 rings (SSSR count). The van der Waals surface area contributed by atoms with E-state index in [1.54, 1.807) is 6.07 Å². The third-order valence-electron chi connectivity index (χ3n) is 4.41. The van der Waals surface area contributed by atoms with E-state index < -0.39 is 5.97 Å². The van der Waals surface area contributed by atoms with Gasteiger partial charge in [-0.05, 0) is 18.6 Å². The Morgan fingerprint density at radius 3 is 2.83 bits per heavy atom. The van der Waals surface area contributed by atoms with Gasteiger partial charge in [0.25, 0.3) is 0 Å². The van der Waals surface area contributed by atoms with Crippen molar-refractivity contribution in [1.29, 1.82) is 0 Å². The molecule has 0 amide bonds. The van der Waals surface area contributed by atoms with Gasteiger partial charge in [0, 0.05) is 45.9 Å². The number of aromatic nitrogens is 1.